The molecule has 0 aliphatic carbocycles. The molecule has 1 aliphatic rings. The number of piperidine rings is 1. The molecule has 0 saturated carbocycles. The molecule has 0 aromatic heterocycles. The third-order valence-electron chi connectivity index (χ3n) is 3.46. The van der Waals surface area contributed by atoms with Crippen molar-refractivity contribution in [3.8, 4) is 0 Å². The predicted molar refractivity (Wildman–Crippen MR) is 69.0 cm³/mol. The smallest absolute Gasteiger partial charge is 0.0761 e. The van der Waals surface area contributed by atoms with Crippen molar-refractivity contribution < 1.29 is 5.11 Å². The Labute approximate surface area is 103 Å². The lowest BCUT2D eigenvalue weighted by molar-refractivity contribution is 0.0385. The first kappa shape index (κ1) is 13.5. The van der Waals surface area contributed by atoms with Gasteiger partial charge in [0.15, 0.2) is 0 Å². The van der Waals surface area contributed by atoms with Crippen LogP contribution in [0.1, 0.15) is 30.9 Å². The highest BCUT2D eigenvalue weighted by atomic mass is 35.5. The summed E-state index contributed by atoms with van der Waals surface area (Å²) in [6.07, 6.45) is 1.66. The molecule has 16 heavy (non-hydrogen) atoms. The van der Waals surface area contributed by atoms with E-state index in [2.05, 4.69) is 43.4 Å². The Morgan fingerprint density at radius 2 is 1.94 bits per heavy atom. The second kappa shape index (κ2) is 5.17. The standard InChI is InChI=1S/C13H19NO.ClH/c1-10-5-7-11(8-6-10)13(2)12(15)4-3-9-14-13;/h5-8,12,14-15H,3-4,9H2,1-2H3;1H. The zero-order chi connectivity index (χ0) is 10.9. The van der Waals surface area contributed by atoms with Crippen LogP contribution in [0.3, 0.4) is 0 Å². The van der Waals surface area contributed by atoms with Crippen molar-refractivity contribution in [1.29, 1.82) is 0 Å². The van der Waals surface area contributed by atoms with Gasteiger partial charge in [0.1, 0.15) is 0 Å². The molecule has 1 heterocycles. The molecular formula is C13H20ClNO. The van der Waals surface area contributed by atoms with E-state index >= 15 is 0 Å². The van der Waals surface area contributed by atoms with E-state index in [0.717, 1.165) is 19.4 Å². The molecule has 3 heteroatoms. The van der Waals surface area contributed by atoms with Crippen molar-refractivity contribution in [3.63, 3.8) is 0 Å². The van der Waals surface area contributed by atoms with Crippen LogP contribution < -0.4 is 5.32 Å². The van der Waals surface area contributed by atoms with Crippen molar-refractivity contribution in [2.24, 2.45) is 0 Å². The van der Waals surface area contributed by atoms with E-state index in [1.165, 1.54) is 11.1 Å². The van der Waals surface area contributed by atoms with Gasteiger partial charge in [0.25, 0.3) is 0 Å². The van der Waals surface area contributed by atoms with Gasteiger partial charge in [-0.15, -0.1) is 12.4 Å². The van der Waals surface area contributed by atoms with Gasteiger partial charge in [-0.05, 0) is 38.8 Å². The van der Waals surface area contributed by atoms with Crippen LogP contribution in [0.25, 0.3) is 0 Å². The summed E-state index contributed by atoms with van der Waals surface area (Å²) in [6.45, 7) is 5.15. The highest BCUT2D eigenvalue weighted by molar-refractivity contribution is 5.85. The molecule has 2 unspecified atom stereocenters. The van der Waals surface area contributed by atoms with Gasteiger partial charge < -0.3 is 10.4 Å². The SMILES string of the molecule is Cc1ccc(C2(C)NCCCC2O)cc1.Cl. The Morgan fingerprint density at radius 3 is 2.50 bits per heavy atom. The fourth-order valence-corrected chi connectivity index (χ4v) is 2.24. The van der Waals surface area contributed by atoms with Gasteiger partial charge in [-0.2, -0.15) is 0 Å². The van der Waals surface area contributed by atoms with Crippen LogP contribution in [0.4, 0.5) is 0 Å². The fourth-order valence-electron chi connectivity index (χ4n) is 2.24. The number of aryl methyl sites for hydroxylation is 1. The van der Waals surface area contributed by atoms with E-state index in [9.17, 15) is 5.11 Å². The molecule has 1 saturated heterocycles. The van der Waals surface area contributed by atoms with Crippen LogP contribution in [0.2, 0.25) is 0 Å². The topological polar surface area (TPSA) is 32.3 Å². The van der Waals surface area contributed by atoms with E-state index in [4.69, 9.17) is 0 Å². The third-order valence-corrected chi connectivity index (χ3v) is 3.46. The average molecular weight is 242 g/mol. The van der Waals surface area contributed by atoms with Gasteiger partial charge in [0.05, 0.1) is 11.6 Å². The van der Waals surface area contributed by atoms with Crippen molar-refractivity contribution in [3.05, 3.63) is 35.4 Å². The molecule has 2 nitrogen and oxygen atoms in total. The highest BCUT2D eigenvalue weighted by Gasteiger charge is 2.36. The number of aliphatic hydroxyl groups excluding tert-OH is 1. The number of hydrogen-bond donors (Lipinski definition) is 2. The molecule has 0 amide bonds. The molecule has 2 N–H and O–H groups in total. The number of nitrogens with one attached hydrogen (secondary N) is 1. The second-order valence-electron chi connectivity index (χ2n) is 4.65. The Balaban J connectivity index is 0.00000128. The van der Waals surface area contributed by atoms with Gasteiger partial charge in [-0.3, -0.25) is 0 Å². The number of hydrogen-bond acceptors (Lipinski definition) is 2. The Morgan fingerprint density at radius 1 is 1.31 bits per heavy atom. The number of halogens is 1. The molecule has 90 valence electrons. The van der Waals surface area contributed by atoms with E-state index in [0.29, 0.717) is 0 Å². The van der Waals surface area contributed by atoms with Gasteiger partial charge in [0.2, 0.25) is 0 Å². The summed E-state index contributed by atoms with van der Waals surface area (Å²) in [7, 11) is 0. The van der Waals surface area contributed by atoms with E-state index in [1.54, 1.807) is 0 Å². The van der Waals surface area contributed by atoms with Gasteiger partial charge in [0, 0.05) is 0 Å². The maximum absolute atomic E-state index is 10.1. The van der Waals surface area contributed by atoms with Crippen molar-refractivity contribution in [1.82, 2.24) is 5.32 Å². The lowest BCUT2D eigenvalue weighted by atomic mass is 9.81. The van der Waals surface area contributed by atoms with Crippen LogP contribution in [0, 0.1) is 6.92 Å². The normalized spacial score (nSPS) is 29.6. The van der Waals surface area contributed by atoms with Gasteiger partial charge in [-0.25, -0.2) is 0 Å². The maximum Gasteiger partial charge on any atom is 0.0761 e. The van der Waals surface area contributed by atoms with Crippen LogP contribution in [0.15, 0.2) is 24.3 Å². The summed E-state index contributed by atoms with van der Waals surface area (Å²) in [5.74, 6) is 0. The van der Waals surface area contributed by atoms with Crippen LogP contribution >= 0.6 is 12.4 Å². The summed E-state index contributed by atoms with van der Waals surface area (Å²) < 4.78 is 0. The number of aliphatic hydroxyl groups is 1. The molecular weight excluding hydrogens is 222 g/mol. The van der Waals surface area contributed by atoms with Crippen LogP contribution in [-0.2, 0) is 5.54 Å². The fraction of sp³-hybridized carbons (Fsp3) is 0.538. The zero-order valence-corrected chi connectivity index (χ0v) is 10.7. The molecule has 1 fully saturated rings. The maximum atomic E-state index is 10.1. The summed E-state index contributed by atoms with van der Waals surface area (Å²) in [5, 5.41) is 13.5. The van der Waals surface area contributed by atoms with Crippen LogP contribution in [-0.4, -0.2) is 17.8 Å². The summed E-state index contributed by atoms with van der Waals surface area (Å²) in [6, 6.07) is 8.42. The molecule has 1 aromatic rings. The first-order valence-corrected chi connectivity index (χ1v) is 5.63. The molecule has 0 bridgehead atoms. The van der Waals surface area contributed by atoms with Crippen molar-refractivity contribution in [2.75, 3.05) is 6.54 Å². The molecule has 0 spiro atoms. The predicted octanol–water partition coefficient (Wildman–Crippen LogP) is 2.38. The largest absolute Gasteiger partial charge is 0.391 e. The lowest BCUT2D eigenvalue weighted by Gasteiger charge is -2.40. The Kier molecular flexibility index (Phi) is 4.36. The van der Waals surface area contributed by atoms with Crippen LogP contribution in [0.5, 0.6) is 0 Å². The van der Waals surface area contributed by atoms with E-state index in [1.807, 2.05) is 0 Å². The summed E-state index contributed by atoms with van der Waals surface area (Å²) >= 11 is 0. The molecule has 1 aliphatic heterocycles. The lowest BCUT2D eigenvalue weighted by Crippen LogP contribution is -2.53. The minimum absolute atomic E-state index is 0. The summed E-state index contributed by atoms with van der Waals surface area (Å²) in [4.78, 5) is 0. The van der Waals surface area contributed by atoms with Gasteiger partial charge >= 0.3 is 0 Å². The first-order valence-electron chi connectivity index (χ1n) is 5.63. The molecule has 1 aromatic carbocycles. The first-order chi connectivity index (χ1) is 7.13. The highest BCUT2D eigenvalue weighted by Crippen LogP contribution is 2.30. The Bertz CT molecular complexity index is 338. The van der Waals surface area contributed by atoms with Crippen molar-refractivity contribution >= 4 is 12.4 Å². The zero-order valence-electron chi connectivity index (χ0n) is 9.86. The average Bonchev–Trinajstić information content (AvgIpc) is 2.23. The van der Waals surface area contributed by atoms with E-state index in [-0.39, 0.29) is 24.0 Å². The molecule has 2 rings (SSSR count). The van der Waals surface area contributed by atoms with E-state index < -0.39 is 0 Å². The molecule has 0 radical (unpaired) electrons. The number of benzene rings is 1. The second-order valence-corrected chi connectivity index (χ2v) is 4.65. The molecule has 2 atom stereocenters. The summed E-state index contributed by atoms with van der Waals surface area (Å²) in [5.41, 5.74) is 2.17. The van der Waals surface area contributed by atoms with Gasteiger partial charge in [-0.1, -0.05) is 29.8 Å². The minimum atomic E-state index is -0.283. The van der Waals surface area contributed by atoms with Crippen molar-refractivity contribution in [2.45, 2.75) is 38.3 Å². The Hall–Kier alpha value is -0.570. The minimum Gasteiger partial charge on any atom is -0.391 e. The monoisotopic (exact) mass is 241 g/mol. The number of rotatable bonds is 1. The quantitative estimate of drug-likeness (QED) is 0.791. The third kappa shape index (κ3) is 2.40.